The van der Waals surface area contributed by atoms with Crippen molar-refractivity contribution in [1.29, 1.82) is 0 Å². The van der Waals surface area contributed by atoms with Crippen LogP contribution >= 0.6 is 0 Å². The van der Waals surface area contributed by atoms with Crippen molar-refractivity contribution in [2.75, 3.05) is 5.32 Å². The highest BCUT2D eigenvalue weighted by Crippen LogP contribution is 2.27. The second-order valence-electron chi connectivity index (χ2n) is 5.61. The van der Waals surface area contributed by atoms with Gasteiger partial charge in [-0.3, -0.25) is 5.10 Å². The Morgan fingerprint density at radius 3 is 2.24 bits per heavy atom. The fourth-order valence-electron chi connectivity index (χ4n) is 1.75. The van der Waals surface area contributed by atoms with Gasteiger partial charge in [-0.05, 0) is 50.6 Å². The number of nitrogens with zero attached hydrogens (tertiary/aromatic N) is 1. The molecule has 0 aliphatic carbocycles. The summed E-state index contributed by atoms with van der Waals surface area (Å²) in [6.45, 7) is 6.01. The lowest BCUT2D eigenvalue weighted by atomic mass is 10.1. The quantitative estimate of drug-likeness (QED) is 0.893. The van der Waals surface area contributed by atoms with E-state index < -0.39 is 6.36 Å². The lowest BCUT2D eigenvalue weighted by Gasteiger charge is -2.19. The Bertz CT molecular complexity index is 597. The minimum absolute atomic E-state index is 0.128. The van der Waals surface area contributed by atoms with E-state index in [2.05, 4.69) is 20.3 Å². The Balaban J connectivity index is 2.12. The maximum atomic E-state index is 12.1. The SMILES string of the molecule is CC(C)(C)Nc1cc(-c2ccc(OC(F)(F)F)cc2)[nH]n1. The smallest absolute Gasteiger partial charge is 0.406 e. The van der Waals surface area contributed by atoms with Gasteiger partial charge in [0.05, 0.1) is 5.69 Å². The summed E-state index contributed by atoms with van der Waals surface area (Å²) in [4.78, 5) is 0. The van der Waals surface area contributed by atoms with Crippen LogP contribution in [0, 0.1) is 0 Å². The van der Waals surface area contributed by atoms with Crippen molar-refractivity contribution in [2.24, 2.45) is 0 Å². The topological polar surface area (TPSA) is 49.9 Å². The number of hydrogen-bond donors (Lipinski definition) is 2. The largest absolute Gasteiger partial charge is 0.573 e. The van der Waals surface area contributed by atoms with Crippen LogP contribution in [0.3, 0.4) is 0 Å². The van der Waals surface area contributed by atoms with E-state index in [0.717, 1.165) is 5.56 Å². The van der Waals surface area contributed by atoms with Gasteiger partial charge in [-0.25, -0.2) is 0 Å². The molecule has 0 amide bonds. The summed E-state index contributed by atoms with van der Waals surface area (Å²) < 4.78 is 40.1. The van der Waals surface area contributed by atoms with Gasteiger partial charge in [-0.2, -0.15) is 5.10 Å². The Kier molecular flexibility index (Phi) is 3.85. The Morgan fingerprint density at radius 2 is 1.71 bits per heavy atom. The van der Waals surface area contributed by atoms with E-state index in [0.29, 0.717) is 11.5 Å². The molecule has 2 aromatic rings. The summed E-state index contributed by atoms with van der Waals surface area (Å²) in [5, 5.41) is 10.1. The van der Waals surface area contributed by atoms with Gasteiger partial charge in [0.2, 0.25) is 0 Å². The van der Waals surface area contributed by atoms with E-state index in [1.54, 1.807) is 6.07 Å². The summed E-state index contributed by atoms with van der Waals surface area (Å²) >= 11 is 0. The predicted molar refractivity (Wildman–Crippen MR) is 74.1 cm³/mol. The van der Waals surface area contributed by atoms with Gasteiger partial charge in [0.15, 0.2) is 0 Å². The van der Waals surface area contributed by atoms with Crippen molar-refractivity contribution in [1.82, 2.24) is 10.2 Å². The molecule has 0 unspecified atom stereocenters. The Morgan fingerprint density at radius 1 is 1.10 bits per heavy atom. The number of anilines is 1. The number of aromatic nitrogens is 2. The van der Waals surface area contributed by atoms with E-state index in [9.17, 15) is 13.2 Å². The molecule has 0 bridgehead atoms. The Hall–Kier alpha value is -2.18. The van der Waals surface area contributed by atoms with Crippen molar-refractivity contribution in [3.8, 4) is 17.0 Å². The van der Waals surface area contributed by atoms with Crippen LogP contribution in [-0.4, -0.2) is 22.1 Å². The highest BCUT2D eigenvalue weighted by atomic mass is 19.4. The van der Waals surface area contributed by atoms with Gasteiger partial charge in [-0.1, -0.05) is 0 Å². The van der Waals surface area contributed by atoms with Crippen LogP contribution in [0.1, 0.15) is 20.8 Å². The molecule has 0 fully saturated rings. The lowest BCUT2D eigenvalue weighted by molar-refractivity contribution is -0.274. The minimum atomic E-state index is -4.68. The molecule has 114 valence electrons. The fraction of sp³-hybridized carbons (Fsp3) is 0.357. The number of nitrogens with one attached hydrogen (secondary N) is 2. The first-order valence-corrected chi connectivity index (χ1v) is 6.32. The van der Waals surface area contributed by atoms with Crippen molar-refractivity contribution in [2.45, 2.75) is 32.7 Å². The Labute approximate surface area is 120 Å². The van der Waals surface area contributed by atoms with Crippen LogP contribution in [0.4, 0.5) is 19.0 Å². The molecular weight excluding hydrogens is 283 g/mol. The summed E-state index contributed by atoms with van der Waals surface area (Å²) in [7, 11) is 0. The zero-order valence-electron chi connectivity index (χ0n) is 11.9. The van der Waals surface area contributed by atoms with E-state index in [1.807, 2.05) is 20.8 Å². The highest BCUT2D eigenvalue weighted by Gasteiger charge is 2.30. The predicted octanol–water partition coefficient (Wildman–Crippen LogP) is 4.19. The summed E-state index contributed by atoms with van der Waals surface area (Å²) in [5.41, 5.74) is 1.30. The average Bonchev–Trinajstić information content (AvgIpc) is 2.74. The number of rotatable bonds is 3. The molecule has 0 spiro atoms. The molecule has 0 aliphatic rings. The highest BCUT2D eigenvalue weighted by molar-refractivity contribution is 5.63. The number of aromatic amines is 1. The number of halogens is 3. The van der Waals surface area contributed by atoms with Gasteiger partial charge in [-0.15, -0.1) is 13.2 Å². The van der Waals surface area contributed by atoms with Gasteiger partial charge in [0, 0.05) is 11.6 Å². The molecular formula is C14H16F3N3O. The molecule has 1 aromatic heterocycles. The monoisotopic (exact) mass is 299 g/mol. The van der Waals surface area contributed by atoms with Crippen LogP contribution in [0.5, 0.6) is 5.75 Å². The zero-order valence-corrected chi connectivity index (χ0v) is 11.9. The van der Waals surface area contributed by atoms with E-state index in [-0.39, 0.29) is 11.3 Å². The van der Waals surface area contributed by atoms with Gasteiger partial charge < -0.3 is 10.1 Å². The van der Waals surface area contributed by atoms with Crippen LogP contribution < -0.4 is 10.1 Å². The molecule has 1 aromatic carbocycles. The molecule has 4 nitrogen and oxygen atoms in total. The second kappa shape index (κ2) is 5.31. The summed E-state index contributed by atoms with van der Waals surface area (Å²) in [6.07, 6.45) is -4.68. The summed E-state index contributed by atoms with van der Waals surface area (Å²) in [5.74, 6) is 0.423. The molecule has 1 heterocycles. The van der Waals surface area contributed by atoms with Gasteiger partial charge in [0.1, 0.15) is 11.6 Å². The molecule has 0 saturated heterocycles. The first-order valence-electron chi connectivity index (χ1n) is 6.32. The molecule has 0 aliphatic heterocycles. The normalized spacial score (nSPS) is 12.3. The molecule has 0 atom stereocenters. The minimum Gasteiger partial charge on any atom is -0.406 e. The number of alkyl halides is 3. The fourth-order valence-corrected chi connectivity index (χ4v) is 1.75. The van der Waals surface area contributed by atoms with Crippen LogP contribution in [0.15, 0.2) is 30.3 Å². The molecule has 7 heteroatoms. The second-order valence-corrected chi connectivity index (χ2v) is 5.61. The number of H-pyrrole nitrogens is 1. The van der Waals surface area contributed by atoms with E-state index >= 15 is 0 Å². The zero-order chi connectivity index (χ0) is 15.7. The molecule has 2 rings (SSSR count). The molecule has 2 N–H and O–H groups in total. The van der Waals surface area contributed by atoms with Crippen LogP contribution in [-0.2, 0) is 0 Å². The number of ether oxygens (including phenoxy) is 1. The van der Waals surface area contributed by atoms with Crippen LogP contribution in [0.2, 0.25) is 0 Å². The third-order valence-electron chi connectivity index (χ3n) is 2.48. The van der Waals surface area contributed by atoms with E-state index in [1.165, 1.54) is 24.3 Å². The van der Waals surface area contributed by atoms with Crippen molar-refractivity contribution < 1.29 is 17.9 Å². The van der Waals surface area contributed by atoms with Crippen molar-refractivity contribution in [3.63, 3.8) is 0 Å². The third kappa shape index (κ3) is 4.70. The van der Waals surface area contributed by atoms with Crippen molar-refractivity contribution >= 4 is 5.82 Å². The molecule has 0 saturated carbocycles. The average molecular weight is 299 g/mol. The maximum Gasteiger partial charge on any atom is 0.573 e. The van der Waals surface area contributed by atoms with Crippen molar-refractivity contribution in [3.05, 3.63) is 30.3 Å². The standard InChI is InChI=1S/C14H16F3N3O/c1-13(2,3)18-12-8-11(19-20-12)9-4-6-10(7-5-9)21-14(15,16)17/h4-8H,1-3H3,(H2,18,19,20). The number of benzene rings is 1. The number of hydrogen-bond acceptors (Lipinski definition) is 3. The first kappa shape index (κ1) is 15.2. The molecule has 0 radical (unpaired) electrons. The maximum absolute atomic E-state index is 12.1. The summed E-state index contributed by atoms with van der Waals surface area (Å²) in [6, 6.07) is 7.40. The van der Waals surface area contributed by atoms with Gasteiger partial charge in [0.25, 0.3) is 0 Å². The van der Waals surface area contributed by atoms with E-state index in [4.69, 9.17) is 0 Å². The molecule has 21 heavy (non-hydrogen) atoms. The lowest BCUT2D eigenvalue weighted by Crippen LogP contribution is -2.26. The third-order valence-corrected chi connectivity index (χ3v) is 2.48. The van der Waals surface area contributed by atoms with Gasteiger partial charge >= 0.3 is 6.36 Å². The first-order chi connectivity index (χ1) is 9.62. The van der Waals surface area contributed by atoms with Crippen LogP contribution in [0.25, 0.3) is 11.3 Å².